The molecule has 0 bridgehead atoms. The van der Waals surface area contributed by atoms with E-state index < -0.39 is 0 Å². The van der Waals surface area contributed by atoms with Crippen LogP contribution < -0.4 is 10.3 Å². The van der Waals surface area contributed by atoms with Gasteiger partial charge >= 0.3 is 0 Å². The van der Waals surface area contributed by atoms with Gasteiger partial charge in [-0.1, -0.05) is 30.3 Å². The van der Waals surface area contributed by atoms with E-state index in [1.807, 2.05) is 42.5 Å². The smallest absolute Gasteiger partial charge is 0.272 e. The molecule has 94 valence electrons. The van der Waals surface area contributed by atoms with Gasteiger partial charge in [-0.25, -0.2) is 9.97 Å². The maximum Gasteiger partial charge on any atom is 0.272 e. The Kier molecular flexibility index (Phi) is 2.98. The molecule has 0 radical (unpaired) electrons. The first-order chi connectivity index (χ1) is 9.33. The molecule has 19 heavy (non-hydrogen) atoms. The fourth-order valence-electron chi connectivity index (χ4n) is 2.01. The van der Waals surface area contributed by atoms with Crippen molar-refractivity contribution in [1.29, 1.82) is 0 Å². The summed E-state index contributed by atoms with van der Waals surface area (Å²) in [6.45, 7) is 0.447. The van der Waals surface area contributed by atoms with Crippen LogP contribution in [-0.2, 0) is 6.54 Å². The van der Waals surface area contributed by atoms with Gasteiger partial charge in [-0.2, -0.15) is 0 Å². The van der Waals surface area contributed by atoms with Crippen LogP contribution in [0.5, 0.6) is 0 Å². The molecule has 1 heterocycles. The highest BCUT2D eigenvalue weighted by Crippen LogP contribution is 2.06. The molecule has 2 aromatic carbocycles. The summed E-state index contributed by atoms with van der Waals surface area (Å²) in [6.07, 6.45) is 0. The Morgan fingerprint density at radius 2 is 1.79 bits per heavy atom. The Morgan fingerprint density at radius 3 is 2.58 bits per heavy atom. The summed E-state index contributed by atoms with van der Waals surface area (Å²) in [5.74, 6) is 0.804. The van der Waals surface area contributed by atoms with E-state index in [9.17, 15) is 4.79 Å². The van der Waals surface area contributed by atoms with E-state index in [1.54, 1.807) is 12.1 Å². The second-order valence-corrected chi connectivity index (χ2v) is 4.32. The number of hydrogen-bond donors (Lipinski definition) is 2. The molecule has 4 nitrogen and oxygen atoms in total. The zero-order valence-electron chi connectivity index (χ0n) is 10.3. The third-order valence-electron chi connectivity index (χ3n) is 2.96. The van der Waals surface area contributed by atoms with Crippen molar-refractivity contribution in [3.05, 3.63) is 66.0 Å². The number of rotatable bonds is 3. The lowest BCUT2D eigenvalue weighted by atomic mass is 10.2. The first-order valence-corrected chi connectivity index (χ1v) is 6.15. The molecule has 0 saturated heterocycles. The van der Waals surface area contributed by atoms with Crippen LogP contribution in [0.1, 0.15) is 16.2 Å². The molecule has 0 aliphatic rings. The molecule has 3 aromatic rings. The van der Waals surface area contributed by atoms with Crippen LogP contribution in [0.4, 0.5) is 0 Å². The number of carbonyl (C=O) groups excluding carboxylic acids is 1. The Labute approximate surface area is 110 Å². The average molecular weight is 252 g/mol. The van der Waals surface area contributed by atoms with Gasteiger partial charge in [0.2, 0.25) is 0 Å². The summed E-state index contributed by atoms with van der Waals surface area (Å²) in [5.41, 5.74) is 2.73. The number of H-pyrrole nitrogens is 2. The van der Waals surface area contributed by atoms with Crippen molar-refractivity contribution < 1.29 is 9.78 Å². The van der Waals surface area contributed by atoms with Crippen molar-refractivity contribution in [3.8, 4) is 0 Å². The number of para-hydroxylation sites is 2. The number of nitrogens with one attached hydrogen (secondary N) is 3. The normalized spacial score (nSPS) is 10.5. The van der Waals surface area contributed by atoms with E-state index in [0.29, 0.717) is 12.1 Å². The number of aromatic nitrogens is 2. The largest absolute Gasteiger partial charge is 0.340 e. The van der Waals surface area contributed by atoms with Crippen LogP contribution in [0.25, 0.3) is 11.0 Å². The molecule has 0 aliphatic carbocycles. The molecule has 0 spiro atoms. The molecule has 0 saturated carbocycles. The van der Waals surface area contributed by atoms with E-state index >= 15 is 0 Å². The minimum absolute atomic E-state index is 0.0762. The zero-order chi connectivity index (χ0) is 13.1. The van der Waals surface area contributed by atoms with Gasteiger partial charge in [-0.3, -0.25) is 4.79 Å². The fraction of sp³-hybridized carbons (Fsp3) is 0.0667. The summed E-state index contributed by atoms with van der Waals surface area (Å²) >= 11 is 0. The van der Waals surface area contributed by atoms with Gasteiger partial charge in [0.25, 0.3) is 11.7 Å². The summed E-state index contributed by atoms with van der Waals surface area (Å²) in [4.78, 5) is 18.4. The summed E-state index contributed by atoms with van der Waals surface area (Å²) in [5, 5.41) is 2.87. The molecule has 3 rings (SSSR count). The topological polar surface area (TPSA) is 59.0 Å². The summed E-state index contributed by atoms with van der Waals surface area (Å²) < 4.78 is 0. The number of carbonyl (C=O) groups is 1. The minimum atomic E-state index is -0.0762. The van der Waals surface area contributed by atoms with E-state index in [4.69, 9.17) is 0 Å². The lowest BCUT2D eigenvalue weighted by molar-refractivity contribution is -0.358. The van der Waals surface area contributed by atoms with Gasteiger partial charge in [0.1, 0.15) is 6.54 Å². The predicted octanol–water partition coefficient (Wildman–Crippen LogP) is 1.91. The number of aromatic amines is 2. The Balaban J connectivity index is 1.71. The third-order valence-corrected chi connectivity index (χ3v) is 2.96. The molecule has 0 aliphatic heterocycles. The lowest BCUT2D eigenvalue weighted by Crippen LogP contribution is -2.26. The standard InChI is InChI=1S/C15H13N3O/c19-15(11-6-2-1-3-7-11)16-10-14-17-12-8-4-5-9-13(12)18-14/h1-9H,10H2,(H,16,19)(H,17,18)/p+1. The van der Waals surface area contributed by atoms with Crippen molar-refractivity contribution >= 4 is 16.9 Å². The van der Waals surface area contributed by atoms with Crippen LogP contribution in [0.3, 0.4) is 0 Å². The van der Waals surface area contributed by atoms with Gasteiger partial charge in [-0.15, -0.1) is 0 Å². The van der Waals surface area contributed by atoms with E-state index in [-0.39, 0.29) is 5.91 Å². The van der Waals surface area contributed by atoms with Crippen LogP contribution in [0.2, 0.25) is 0 Å². The van der Waals surface area contributed by atoms with Crippen LogP contribution in [0.15, 0.2) is 54.6 Å². The van der Waals surface area contributed by atoms with E-state index in [1.165, 1.54) is 0 Å². The van der Waals surface area contributed by atoms with Gasteiger partial charge < -0.3 is 5.32 Å². The van der Waals surface area contributed by atoms with Crippen molar-refractivity contribution in [1.82, 2.24) is 10.3 Å². The van der Waals surface area contributed by atoms with E-state index in [0.717, 1.165) is 16.9 Å². The molecule has 3 N–H and O–H groups in total. The number of imidazole rings is 1. The van der Waals surface area contributed by atoms with Crippen LogP contribution in [-0.4, -0.2) is 10.9 Å². The first kappa shape index (κ1) is 11.5. The van der Waals surface area contributed by atoms with E-state index in [2.05, 4.69) is 15.3 Å². The highest BCUT2D eigenvalue weighted by atomic mass is 16.1. The summed E-state index contributed by atoms with van der Waals surface area (Å²) in [7, 11) is 0. The van der Waals surface area contributed by atoms with Crippen LogP contribution >= 0.6 is 0 Å². The molecule has 1 amide bonds. The second kappa shape index (κ2) is 4.94. The first-order valence-electron chi connectivity index (χ1n) is 6.15. The van der Waals surface area contributed by atoms with Crippen molar-refractivity contribution in [3.63, 3.8) is 0 Å². The van der Waals surface area contributed by atoms with Gasteiger partial charge in [0.05, 0.1) is 0 Å². The molecular formula is C15H14N3O+. The third kappa shape index (κ3) is 2.47. The van der Waals surface area contributed by atoms with Crippen molar-refractivity contribution in [2.75, 3.05) is 0 Å². The number of amides is 1. The minimum Gasteiger partial charge on any atom is -0.340 e. The Bertz CT molecular complexity index is 670. The highest BCUT2D eigenvalue weighted by Gasteiger charge is 2.11. The van der Waals surface area contributed by atoms with Gasteiger partial charge in [0.15, 0.2) is 11.0 Å². The SMILES string of the molecule is O=C(NCc1[nH]c2ccccc2[nH+]1)c1ccccc1. The summed E-state index contributed by atoms with van der Waals surface area (Å²) in [6, 6.07) is 17.1. The number of hydrogen-bond acceptors (Lipinski definition) is 1. The van der Waals surface area contributed by atoms with Crippen molar-refractivity contribution in [2.24, 2.45) is 0 Å². The lowest BCUT2D eigenvalue weighted by Gasteiger charge is -2.00. The van der Waals surface area contributed by atoms with Gasteiger partial charge in [-0.05, 0) is 24.3 Å². The monoisotopic (exact) mass is 252 g/mol. The fourth-order valence-corrected chi connectivity index (χ4v) is 2.01. The average Bonchev–Trinajstić information content (AvgIpc) is 2.88. The van der Waals surface area contributed by atoms with Crippen LogP contribution in [0, 0.1) is 0 Å². The molecule has 0 unspecified atom stereocenters. The van der Waals surface area contributed by atoms with Crippen molar-refractivity contribution in [2.45, 2.75) is 6.54 Å². The number of fused-ring (bicyclic) bond motifs is 1. The zero-order valence-corrected chi connectivity index (χ0v) is 10.3. The molecule has 0 atom stereocenters. The Hall–Kier alpha value is -2.62. The quantitative estimate of drug-likeness (QED) is 0.735. The maximum absolute atomic E-state index is 11.9. The number of benzene rings is 2. The molecule has 4 heteroatoms. The second-order valence-electron chi connectivity index (χ2n) is 4.32. The molecule has 0 fully saturated rings. The molecule has 1 aromatic heterocycles. The molecular weight excluding hydrogens is 238 g/mol. The highest BCUT2D eigenvalue weighted by molar-refractivity contribution is 5.94. The predicted molar refractivity (Wildman–Crippen MR) is 72.5 cm³/mol. The maximum atomic E-state index is 11.9. The Morgan fingerprint density at radius 1 is 1.05 bits per heavy atom. The van der Waals surface area contributed by atoms with Gasteiger partial charge in [0, 0.05) is 5.56 Å².